The van der Waals surface area contributed by atoms with Gasteiger partial charge in [-0.05, 0) is 42.3 Å². The van der Waals surface area contributed by atoms with Crippen LogP contribution in [0.1, 0.15) is 23.7 Å². The summed E-state index contributed by atoms with van der Waals surface area (Å²) in [5.41, 5.74) is 0.989. The van der Waals surface area contributed by atoms with Crippen molar-refractivity contribution in [3.05, 3.63) is 97.3 Å². The summed E-state index contributed by atoms with van der Waals surface area (Å²) in [5, 5.41) is 16.3. The zero-order valence-electron chi connectivity index (χ0n) is 17.4. The molecule has 0 spiro atoms. The number of non-ortho nitro benzene ring substituents is 1. The van der Waals surface area contributed by atoms with Crippen LogP contribution in [0.25, 0.3) is 11.8 Å². The molecule has 2 N–H and O–H groups in total. The van der Waals surface area contributed by atoms with Crippen molar-refractivity contribution in [2.75, 3.05) is 0 Å². The largest absolute Gasteiger partial charge is 0.329 e. The van der Waals surface area contributed by atoms with Crippen LogP contribution in [0.15, 0.2) is 59.0 Å². The van der Waals surface area contributed by atoms with Crippen LogP contribution < -0.4 is 10.9 Å². The molecule has 33 heavy (non-hydrogen) atoms. The van der Waals surface area contributed by atoms with Crippen LogP contribution in [0.2, 0.25) is 0 Å². The number of nitrogens with one attached hydrogen (secondary N) is 2. The first-order valence-electron chi connectivity index (χ1n) is 9.96. The van der Waals surface area contributed by atoms with Gasteiger partial charge in [-0.2, -0.15) is 0 Å². The summed E-state index contributed by atoms with van der Waals surface area (Å²) in [6, 6.07) is 10.2. The summed E-state index contributed by atoms with van der Waals surface area (Å²) in [4.78, 5) is 49.5. The molecule has 4 rings (SSSR count). The maximum atomic E-state index is 13.1. The molecule has 10 nitrogen and oxygen atoms in total. The summed E-state index contributed by atoms with van der Waals surface area (Å²) in [7, 11) is 0. The molecule has 3 amide bonds. The Labute approximate surface area is 186 Å². The number of hydrogen-bond donors (Lipinski definition) is 2. The molecule has 0 aliphatic carbocycles. The highest BCUT2D eigenvalue weighted by Crippen LogP contribution is 2.19. The molecular formula is C22H18FN5O5. The van der Waals surface area contributed by atoms with E-state index in [4.69, 9.17) is 0 Å². The number of H-pyrrole nitrogens is 1. The molecule has 1 aliphatic heterocycles. The standard InChI is InChI=1S/C22H18FN5O5/c1-2-18-17(20(29)27(25-18)15-7-9-16(10-8-15)28(32)33)11-19-21(30)26(22(31)24-19)12-13-3-5-14(23)6-4-13/h3-11,25H,2,12H2,1H3,(H,24,31). The Kier molecular flexibility index (Phi) is 5.61. The number of aromatic nitrogens is 2. The number of rotatable bonds is 6. The topological polar surface area (TPSA) is 130 Å². The molecule has 2 heterocycles. The third-order valence-electron chi connectivity index (χ3n) is 5.18. The molecule has 0 atom stereocenters. The van der Waals surface area contributed by atoms with Gasteiger partial charge in [-0.25, -0.2) is 13.9 Å². The molecule has 0 bridgehead atoms. The van der Waals surface area contributed by atoms with Gasteiger partial charge in [-0.3, -0.25) is 29.7 Å². The predicted octanol–water partition coefficient (Wildman–Crippen LogP) is 2.87. The molecule has 168 valence electrons. The zero-order valence-corrected chi connectivity index (χ0v) is 17.4. The third-order valence-corrected chi connectivity index (χ3v) is 5.18. The van der Waals surface area contributed by atoms with Crippen LogP contribution in [-0.2, 0) is 17.8 Å². The number of aromatic amines is 1. The van der Waals surface area contributed by atoms with E-state index in [9.17, 15) is 28.9 Å². The lowest BCUT2D eigenvalue weighted by molar-refractivity contribution is -0.384. The van der Waals surface area contributed by atoms with Crippen molar-refractivity contribution in [2.45, 2.75) is 19.9 Å². The summed E-state index contributed by atoms with van der Waals surface area (Å²) >= 11 is 0. The number of urea groups is 1. The van der Waals surface area contributed by atoms with E-state index in [-0.39, 0.29) is 23.5 Å². The summed E-state index contributed by atoms with van der Waals surface area (Å²) in [6.07, 6.45) is 1.74. The molecule has 1 saturated heterocycles. The van der Waals surface area contributed by atoms with Crippen molar-refractivity contribution in [1.29, 1.82) is 0 Å². The van der Waals surface area contributed by atoms with Gasteiger partial charge in [0.15, 0.2) is 0 Å². The Morgan fingerprint density at radius 2 is 1.73 bits per heavy atom. The molecule has 0 saturated carbocycles. The van der Waals surface area contributed by atoms with Gasteiger partial charge in [0.1, 0.15) is 11.5 Å². The van der Waals surface area contributed by atoms with E-state index in [0.717, 1.165) is 4.90 Å². The highest BCUT2D eigenvalue weighted by Gasteiger charge is 2.34. The first kappa shape index (κ1) is 21.7. The van der Waals surface area contributed by atoms with Crippen molar-refractivity contribution < 1.29 is 18.9 Å². The predicted molar refractivity (Wildman–Crippen MR) is 116 cm³/mol. The summed E-state index contributed by atoms with van der Waals surface area (Å²) in [5.74, 6) is -1.05. The number of halogens is 1. The molecule has 0 radical (unpaired) electrons. The lowest BCUT2D eigenvalue weighted by Crippen LogP contribution is -2.30. The Hall–Kier alpha value is -4.54. The van der Waals surface area contributed by atoms with E-state index >= 15 is 0 Å². The second kappa shape index (κ2) is 8.54. The zero-order chi connectivity index (χ0) is 23.7. The first-order valence-corrected chi connectivity index (χ1v) is 9.96. The van der Waals surface area contributed by atoms with E-state index in [2.05, 4.69) is 10.4 Å². The van der Waals surface area contributed by atoms with E-state index in [0.29, 0.717) is 23.4 Å². The van der Waals surface area contributed by atoms with Crippen LogP contribution in [0.5, 0.6) is 0 Å². The van der Waals surface area contributed by atoms with Crippen LogP contribution in [0.4, 0.5) is 14.9 Å². The summed E-state index contributed by atoms with van der Waals surface area (Å²) < 4.78 is 14.3. The number of nitrogens with zero attached hydrogens (tertiary/aromatic N) is 3. The number of aryl methyl sites for hydroxylation is 1. The number of hydrogen-bond acceptors (Lipinski definition) is 5. The number of amides is 3. The third kappa shape index (κ3) is 4.15. The fraction of sp³-hybridized carbons (Fsp3) is 0.136. The van der Waals surface area contributed by atoms with E-state index in [1.165, 1.54) is 59.3 Å². The smallest absolute Gasteiger partial charge is 0.303 e. The maximum Gasteiger partial charge on any atom is 0.329 e. The van der Waals surface area contributed by atoms with Gasteiger partial charge in [-0.15, -0.1) is 0 Å². The van der Waals surface area contributed by atoms with Crippen LogP contribution in [0.3, 0.4) is 0 Å². The molecule has 1 fully saturated rings. The molecule has 1 aromatic heterocycles. The van der Waals surface area contributed by atoms with Gasteiger partial charge < -0.3 is 5.32 Å². The lowest BCUT2D eigenvalue weighted by atomic mass is 10.1. The van der Waals surface area contributed by atoms with E-state index in [1.807, 2.05) is 6.92 Å². The van der Waals surface area contributed by atoms with Gasteiger partial charge in [0, 0.05) is 17.8 Å². The minimum Gasteiger partial charge on any atom is -0.303 e. The fourth-order valence-electron chi connectivity index (χ4n) is 3.45. The van der Waals surface area contributed by atoms with Gasteiger partial charge in [-0.1, -0.05) is 19.1 Å². The van der Waals surface area contributed by atoms with Crippen molar-refractivity contribution in [3.63, 3.8) is 0 Å². The van der Waals surface area contributed by atoms with Gasteiger partial charge in [0.05, 0.1) is 22.7 Å². The molecule has 0 unspecified atom stereocenters. The number of benzene rings is 2. The molecule has 3 aromatic rings. The number of carbonyl (C=O) groups excluding carboxylic acids is 2. The van der Waals surface area contributed by atoms with Crippen molar-refractivity contribution >= 4 is 23.7 Å². The summed E-state index contributed by atoms with van der Waals surface area (Å²) in [6.45, 7) is 1.76. The minimum absolute atomic E-state index is 0.0525. The maximum absolute atomic E-state index is 13.1. The van der Waals surface area contributed by atoms with Gasteiger partial charge in [0.25, 0.3) is 17.2 Å². The average Bonchev–Trinajstić information content (AvgIpc) is 3.26. The quantitative estimate of drug-likeness (QED) is 0.258. The Morgan fingerprint density at radius 1 is 1.06 bits per heavy atom. The first-order chi connectivity index (χ1) is 15.8. The van der Waals surface area contributed by atoms with E-state index in [1.54, 1.807) is 0 Å². The molecule has 2 aromatic carbocycles. The Morgan fingerprint density at radius 3 is 2.33 bits per heavy atom. The lowest BCUT2D eigenvalue weighted by Gasteiger charge is -2.11. The van der Waals surface area contributed by atoms with Gasteiger partial charge in [0.2, 0.25) is 0 Å². The fourth-order valence-corrected chi connectivity index (χ4v) is 3.45. The van der Waals surface area contributed by atoms with Crippen LogP contribution in [-0.4, -0.2) is 31.5 Å². The molecule has 1 aliphatic rings. The number of carbonyl (C=O) groups is 2. The Bertz CT molecular complexity index is 1340. The minimum atomic E-state index is -0.653. The monoisotopic (exact) mass is 451 g/mol. The molecular weight excluding hydrogens is 433 g/mol. The number of nitro groups is 1. The SMILES string of the molecule is CCc1[nH]n(-c2ccc([N+](=O)[O-])cc2)c(=O)c1C=C1NC(=O)N(Cc2ccc(F)cc2)C1=O. The number of imide groups is 1. The van der Waals surface area contributed by atoms with Crippen molar-refractivity contribution in [2.24, 2.45) is 0 Å². The normalized spacial score (nSPS) is 14.7. The average molecular weight is 451 g/mol. The van der Waals surface area contributed by atoms with Gasteiger partial charge >= 0.3 is 6.03 Å². The molecule has 11 heteroatoms. The van der Waals surface area contributed by atoms with Crippen molar-refractivity contribution in [3.8, 4) is 5.69 Å². The van der Waals surface area contributed by atoms with Crippen LogP contribution in [0, 0.1) is 15.9 Å². The second-order valence-electron chi connectivity index (χ2n) is 7.28. The highest BCUT2D eigenvalue weighted by atomic mass is 19.1. The number of nitro benzene ring substituents is 1. The van der Waals surface area contributed by atoms with E-state index < -0.39 is 28.2 Å². The second-order valence-corrected chi connectivity index (χ2v) is 7.28. The Balaban J connectivity index is 1.65. The van der Waals surface area contributed by atoms with Crippen molar-refractivity contribution in [1.82, 2.24) is 20.0 Å². The highest BCUT2D eigenvalue weighted by molar-refractivity contribution is 6.13. The van der Waals surface area contributed by atoms with Crippen LogP contribution >= 0.6 is 0 Å².